The first-order valence-corrected chi connectivity index (χ1v) is 24.9. The molecule has 0 amide bonds. The van der Waals surface area contributed by atoms with Gasteiger partial charge >= 0.3 is 8.24 Å². The predicted molar refractivity (Wildman–Crippen MR) is 275 cm³/mol. The minimum absolute atomic E-state index is 0.178. The summed E-state index contributed by atoms with van der Waals surface area (Å²) in [5, 5.41) is 8.86. The fourth-order valence-electron chi connectivity index (χ4n) is 9.49. The second-order valence-electron chi connectivity index (χ2n) is 16.4. The Bertz CT molecular complexity index is 3170. The topological polar surface area (TPSA) is 44.7 Å². The van der Waals surface area contributed by atoms with Gasteiger partial charge < -0.3 is 13.1 Å². The highest BCUT2D eigenvalue weighted by molar-refractivity contribution is 7.73. The average molecular weight is 893 g/mol. The van der Waals surface area contributed by atoms with Gasteiger partial charge in [-0.2, -0.15) is 0 Å². The van der Waals surface area contributed by atoms with Crippen molar-refractivity contribution in [3.8, 4) is 0 Å². The SMILES string of the molecule is c1ccc([C@H]([C@H](COC(c2ccccc2)(c2ccccc2)c2ccccc2)Op2oc3ccc4ccccc4c3c3c(ccc4ccccc43)o2)P(c2ccccc2)c2ccccc2)cc1. The lowest BCUT2D eigenvalue weighted by molar-refractivity contribution is -0.0227. The summed E-state index contributed by atoms with van der Waals surface area (Å²) in [4.78, 5) is 0. The Morgan fingerprint density at radius 3 is 1.23 bits per heavy atom. The third-order valence-electron chi connectivity index (χ3n) is 12.4. The van der Waals surface area contributed by atoms with Gasteiger partial charge in [-0.3, -0.25) is 4.52 Å². The molecule has 66 heavy (non-hydrogen) atoms. The van der Waals surface area contributed by atoms with E-state index in [-0.39, 0.29) is 12.3 Å². The summed E-state index contributed by atoms with van der Waals surface area (Å²) in [6, 6.07) is 89.5. The van der Waals surface area contributed by atoms with Crippen LogP contribution in [0, 0.1) is 0 Å². The van der Waals surface area contributed by atoms with Crippen molar-refractivity contribution >= 4 is 70.3 Å². The first kappa shape index (κ1) is 41.7. The molecule has 0 unspecified atom stereocenters. The number of fused-ring (bicyclic) bond motifs is 7. The standard InChI is InChI=1S/C60H46O4P2/c1-7-25-46(26-8-1)59(65(50-33-15-5-16-34-50)51-35-17-6-18-36-51)56(43-61-60(47-27-9-2-10-28-47,48-29-11-3-12-30-48)49-31-13-4-14-32-49)64-66-62-54-41-39-44-23-19-21-37-52(44)57(54)58-53-38-22-20-24-45(53)40-42-55(58)63-66/h1-42,56,59H,43H2/t56-,59+/m0/s1. The first-order valence-electron chi connectivity index (χ1n) is 22.4. The van der Waals surface area contributed by atoms with Gasteiger partial charge in [-0.1, -0.05) is 243 Å². The van der Waals surface area contributed by atoms with E-state index in [0.29, 0.717) is 11.2 Å². The molecular weight excluding hydrogens is 847 g/mol. The molecule has 1 aromatic heterocycles. The molecule has 0 radical (unpaired) electrons. The fraction of sp³-hybridized carbons (Fsp3) is 0.0667. The molecule has 6 heteroatoms. The van der Waals surface area contributed by atoms with E-state index < -0.39 is 27.9 Å². The largest absolute Gasteiger partial charge is 0.399 e. The predicted octanol–water partition coefficient (Wildman–Crippen LogP) is 15.3. The summed E-state index contributed by atoms with van der Waals surface area (Å²) in [6.45, 7) is 0.178. The van der Waals surface area contributed by atoms with E-state index >= 15 is 0 Å². The smallest absolute Gasteiger partial charge is 0.387 e. The van der Waals surface area contributed by atoms with Crippen molar-refractivity contribution < 1.29 is 17.7 Å². The van der Waals surface area contributed by atoms with Crippen LogP contribution < -0.4 is 15.1 Å². The van der Waals surface area contributed by atoms with Crippen molar-refractivity contribution in [2.24, 2.45) is 0 Å². The maximum atomic E-state index is 7.79. The summed E-state index contributed by atoms with van der Waals surface area (Å²) >= 11 is 0. The molecular formula is C60H46O4P2. The molecule has 0 bridgehead atoms. The van der Waals surface area contributed by atoms with Gasteiger partial charge in [0.25, 0.3) is 0 Å². The molecule has 10 aromatic carbocycles. The average Bonchev–Trinajstić information content (AvgIpc) is 3.56. The van der Waals surface area contributed by atoms with Gasteiger partial charge in [0.1, 0.15) is 22.9 Å². The lowest BCUT2D eigenvalue weighted by Crippen LogP contribution is -2.39. The lowest BCUT2D eigenvalue weighted by Gasteiger charge is -2.39. The zero-order valence-corrected chi connectivity index (χ0v) is 37.9. The number of rotatable bonds is 13. The van der Waals surface area contributed by atoms with E-state index in [2.05, 4.69) is 255 Å². The van der Waals surface area contributed by atoms with Crippen LogP contribution in [-0.2, 0) is 10.3 Å². The van der Waals surface area contributed by atoms with Crippen molar-refractivity contribution in [3.05, 3.63) is 277 Å². The molecule has 0 aliphatic rings. The Hall–Kier alpha value is -7.03. The molecule has 0 aliphatic carbocycles. The number of hydrogen-bond donors (Lipinski definition) is 0. The zero-order valence-electron chi connectivity index (χ0n) is 36.1. The minimum atomic E-state index is -2.09. The fourth-order valence-corrected chi connectivity index (χ4v) is 13.6. The van der Waals surface area contributed by atoms with Crippen LogP contribution in [0.2, 0.25) is 0 Å². The van der Waals surface area contributed by atoms with E-state index in [0.717, 1.165) is 54.6 Å². The van der Waals surface area contributed by atoms with Crippen molar-refractivity contribution in [2.45, 2.75) is 17.4 Å². The van der Waals surface area contributed by atoms with Crippen LogP contribution in [0.1, 0.15) is 27.9 Å². The maximum Gasteiger partial charge on any atom is 0.387 e. The van der Waals surface area contributed by atoms with E-state index in [1.54, 1.807) is 0 Å². The van der Waals surface area contributed by atoms with Gasteiger partial charge in [0.15, 0.2) is 0 Å². The van der Waals surface area contributed by atoms with Gasteiger partial charge in [-0.25, -0.2) is 0 Å². The van der Waals surface area contributed by atoms with E-state index in [1.165, 1.54) is 10.6 Å². The van der Waals surface area contributed by atoms with E-state index in [9.17, 15) is 0 Å². The first-order chi connectivity index (χ1) is 32.7. The summed E-state index contributed by atoms with van der Waals surface area (Å²) in [5.41, 5.74) is 4.37. The second-order valence-corrected chi connectivity index (χ2v) is 19.7. The van der Waals surface area contributed by atoms with Gasteiger partial charge in [0.05, 0.1) is 6.61 Å². The molecule has 1 heterocycles. The molecule has 0 saturated heterocycles. The van der Waals surface area contributed by atoms with Crippen LogP contribution in [0.15, 0.2) is 263 Å². The Morgan fingerprint density at radius 1 is 0.409 bits per heavy atom. The monoisotopic (exact) mass is 892 g/mol. The Balaban J connectivity index is 1.18. The summed E-state index contributed by atoms with van der Waals surface area (Å²) in [6.07, 6.45) is -0.605. The molecule has 0 N–H and O–H groups in total. The van der Waals surface area contributed by atoms with Gasteiger partial charge in [0, 0.05) is 16.4 Å². The van der Waals surface area contributed by atoms with Gasteiger partial charge in [0.2, 0.25) is 0 Å². The Morgan fingerprint density at radius 2 is 0.788 bits per heavy atom. The highest BCUT2D eigenvalue weighted by Crippen LogP contribution is 2.54. The molecule has 11 aromatic rings. The molecule has 0 spiro atoms. The highest BCUT2D eigenvalue weighted by Gasteiger charge is 2.42. The third-order valence-corrected chi connectivity index (χ3v) is 16.5. The summed E-state index contributed by atoms with van der Waals surface area (Å²) in [5.74, 6) is 0. The van der Waals surface area contributed by atoms with E-state index in [1.807, 2.05) is 0 Å². The van der Waals surface area contributed by atoms with Crippen LogP contribution in [0.5, 0.6) is 0 Å². The third kappa shape index (κ3) is 8.04. The van der Waals surface area contributed by atoms with Gasteiger partial charge in [-0.05, 0) is 74.5 Å². The Labute approximate surface area is 387 Å². The van der Waals surface area contributed by atoms with Crippen molar-refractivity contribution in [2.75, 3.05) is 6.61 Å². The molecule has 4 nitrogen and oxygen atoms in total. The number of ether oxygens (including phenoxy) is 1. The van der Waals surface area contributed by atoms with Crippen LogP contribution >= 0.6 is 16.2 Å². The zero-order chi connectivity index (χ0) is 44.1. The number of benzene rings is 10. The van der Waals surface area contributed by atoms with Crippen LogP contribution in [0.3, 0.4) is 0 Å². The molecule has 320 valence electrons. The van der Waals surface area contributed by atoms with Gasteiger partial charge in [-0.15, -0.1) is 0 Å². The lowest BCUT2D eigenvalue weighted by atomic mass is 9.80. The van der Waals surface area contributed by atoms with Crippen LogP contribution in [0.25, 0.3) is 43.5 Å². The van der Waals surface area contributed by atoms with Crippen molar-refractivity contribution in [1.29, 1.82) is 0 Å². The summed E-state index contributed by atoms with van der Waals surface area (Å²) < 4.78 is 29.8. The van der Waals surface area contributed by atoms with E-state index in [4.69, 9.17) is 17.7 Å². The van der Waals surface area contributed by atoms with Crippen LogP contribution in [-0.4, -0.2) is 12.7 Å². The van der Waals surface area contributed by atoms with Crippen LogP contribution in [0.4, 0.5) is 0 Å². The maximum absolute atomic E-state index is 7.79. The summed E-state index contributed by atoms with van der Waals surface area (Å²) in [7, 11) is -3.22. The van der Waals surface area contributed by atoms with Crippen molar-refractivity contribution in [3.63, 3.8) is 0 Å². The Kier molecular flexibility index (Phi) is 11.9. The quantitative estimate of drug-likeness (QED) is 0.0854. The molecule has 0 fully saturated rings. The molecule has 0 saturated carbocycles. The van der Waals surface area contributed by atoms with Crippen molar-refractivity contribution in [1.82, 2.24) is 0 Å². The second kappa shape index (κ2) is 18.8. The molecule has 2 atom stereocenters. The minimum Gasteiger partial charge on any atom is -0.399 e. The highest BCUT2D eigenvalue weighted by atomic mass is 31.1. The number of hydrogen-bond acceptors (Lipinski definition) is 4. The molecule has 0 aliphatic heterocycles. The molecule has 11 rings (SSSR count). The normalized spacial score (nSPS) is 12.7.